The zero-order chi connectivity index (χ0) is 28.3. The van der Waals surface area contributed by atoms with Gasteiger partial charge in [0, 0.05) is 0 Å². The molecule has 0 nitrogen and oxygen atoms in total. The van der Waals surface area contributed by atoms with E-state index in [0.717, 1.165) is 0 Å². The highest BCUT2D eigenvalue weighted by molar-refractivity contribution is 5.22. The molecule has 0 amide bonds. The highest BCUT2D eigenvalue weighted by atomic mass is 14.0. The maximum absolute atomic E-state index is 2.30. The van der Waals surface area contributed by atoms with Crippen molar-refractivity contribution in [1.29, 1.82) is 0 Å². The Bertz CT molecular complexity index is 748. The van der Waals surface area contributed by atoms with Crippen molar-refractivity contribution >= 4 is 0 Å². The molecule has 0 aromatic heterocycles. The average molecular weight is 541 g/mol. The smallest absolute Gasteiger partial charge is 0.0348 e. The first-order chi connectivity index (χ1) is 20.0. The molecule has 0 N–H and O–H groups in total. The van der Waals surface area contributed by atoms with Crippen molar-refractivity contribution in [3.63, 3.8) is 0 Å². The Morgan fingerprint density at radius 1 is 0.150 bits per heavy atom. The van der Waals surface area contributed by atoms with Crippen LogP contribution in [0.5, 0.6) is 0 Å². The summed E-state index contributed by atoms with van der Waals surface area (Å²) in [6.45, 7) is 0. The quantitative estimate of drug-likeness (QED) is 0.286. The summed E-state index contributed by atoms with van der Waals surface area (Å²) >= 11 is 0. The van der Waals surface area contributed by atoms with E-state index in [2.05, 4.69) is 85.1 Å². The van der Waals surface area contributed by atoms with Crippen LogP contribution in [-0.2, 0) is 0 Å². The third-order valence-corrected chi connectivity index (χ3v) is 7.15. The number of hydrogen-bond donors (Lipinski definition) is 0. The Morgan fingerprint density at radius 3 is 0.500 bits per heavy atom. The SMILES string of the molecule is C1=CC=CC=CC=CC=CCCCCCCCCCCCCCCCCCCCCC=CC=CC=CC=CC=C1. The second-order valence-electron chi connectivity index (χ2n) is 10.9. The van der Waals surface area contributed by atoms with Gasteiger partial charge in [0.2, 0.25) is 0 Å². The van der Waals surface area contributed by atoms with E-state index in [1.807, 2.05) is 36.5 Å². The van der Waals surface area contributed by atoms with Crippen LogP contribution in [-0.4, -0.2) is 0 Å². The maximum Gasteiger partial charge on any atom is -0.0348 e. The molecule has 40 heavy (non-hydrogen) atoms. The Morgan fingerprint density at radius 2 is 0.300 bits per heavy atom. The van der Waals surface area contributed by atoms with Gasteiger partial charge in [-0.1, -0.05) is 224 Å². The highest BCUT2D eigenvalue weighted by Gasteiger charge is 1.95. The van der Waals surface area contributed by atoms with Crippen LogP contribution >= 0.6 is 0 Å². The molecular formula is C40H60. The minimum atomic E-state index is 1.20. The van der Waals surface area contributed by atoms with Crippen LogP contribution in [0.25, 0.3) is 0 Å². The van der Waals surface area contributed by atoms with Crippen LogP contribution in [0.4, 0.5) is 0 Å². The molecule has 0 spiro atoms. The van der Waals surface area contributed by atoms with Gasteiger partial charge in [0.25, 0.3) is 0 Å². The summed E-state index contributed by atoms with van der Waals surface area (Å²) in [4.78, 5) is 0. The fourth-order valence-electron chi connectivity index (χ4n) is 4.73. The summed E-state index contributed by atoms with van der Waals surface area (Å²) in [7, 11) is 0. The molecule has 0 heterocycles. The van der Waals surface area contributed by atoms with E-state index < -0.39 is 0 Å². The topological polar surface area (TPSA) is 0 Å². The molecule has 0 saturated carbocycles. The normalized spacial score (nSPS) is 20.0. The van der Waals surface area contributed by atoms with E-state index in [-0.39, 0.29) is 0 Å². The van der Waals surface area contributed by atoms with Crippen molar-refractivity contribution in [1.82, 2.24) is 0 Å². The van der Waals surface area contributed by atoms with Crippen LogP contribution in [0.15, 0.2) is 122 Å². The molecule has 0 aromatic rings. The zero-order valence-electron chi connectivity index (χ0n) is 25.7. The largest absolute Gasteiger partial charge is 0.0845 e. The van der Waals surface area contributed by atoms with Crippen molar-refractivity contribution < 1.29 is 0 Å². The first-order valence-electron chi connectivity index (χ1n) is 16.6. The van der Waals surface area contributed by atoms with E-state index >= 15 is 0 Å². The van der Waals surface area contributed by atoms with Gasteiger partial charge >= 0.3 is 0 Å². The van der Waals surface area contributed by atoms with Crippen molar-refractivity contribution in [3.8, 4) is 0 Å². The fourth-order valence-corrected chi connectivity index (χ4v) is 4.73. The molecule has 1 aliphatic carbocycles. The molecular weight excluding hydrogens is 480 g/mol. The molecule has 0 aliphatic heterocycles. The predicted molar refractivity (Wildman–Crippen MR) is 184 cm³/mol. The summed E-state index contributed by atoms with van der Waals surface area (Å²) in [6.07, 6.45) is 70.0. The van der Waals surface area contributed by atoms with Crippen molar-refractivity contribution in [2.24, 2.45) is 0 Å². The van der Waals surface area contributed by atoms with E-state index in [1.54, 1.807) is 0 Å². The monoisotopic (exact) mass is 540 g/mol. The molecule has 1 rings (SSSR count). The Kier molecular flexibility index (Phi) is 28.9. The van der Waals surface area contributed by atoms with Crippen LogP contribution in [0, 0.1) is 0 Å². The lowest BCUT2D eigenvalue weighted by Gasteiger charge is -2.04. The molecule has 0 saturated heterocycles. The second-order valence-corrected chi connectivity index (χ2v) is 10.9. The first kappa shape index (κ1) is 35.4. The van der Waals surface area contributed by atoms with Crippen molar-refractivity contribution in [2.75, 3.05) is 0 Å². The molecule has 0 heteroatoms. The van der Waals surface area contributed by atoms with Crippen LogP contribution in [0.2, 0.25) is 0 Å². The Labute approximate surface area is 249 Å². The standard InChI is InChI=1S/C40H60/c1-2-4-6-8-10-12-14-16-18-20-22-24-26-28-30-32-34-36-38-40-39-37-35-33-31-29-27-25-23-21-19-17-15-13-11-9-7-5-3-1/h1-20H,21-40H2. The van der Waals surface area contributed by atoms with Gasteiger partial charge in [0.15, 0.2) is 0 Å². The minimum Gasteiger partial charge on any atom is -0.0845 e. The second kappa shape index (κ2) is 32.6. The lowest BCUT2D eigenvalue weighted by Crippen LogP contribution is -1.84. The van der Waals surface area contributed by atoms with Gasteiger partial charge in [-0.25, -0.2) is 0 Å². The Balaban J connectivity index is 2.31. The van der Waals surface area contributed by atoms with Gasteiger partial charge in [0.05, 0.1) is 0 Å². The van der Waals surface area contributed by atoms with Gasteiger partial charge in [0.1, 0.15) is 0 Å². The summed E-state index contributed by atoms with van der Waals surface area (Å²) in [5.41, 5.74) is 0. The van der Waals surface area contributed by atoms with E-state index in [1.165, 1.54) is 128 Å². The molecule has 0 radical (unpaired) electrons. The number of hydrogen-bond acceptors (Lipinski definition) is 0. The maximum atomic E-state index is 2.30. The summed E-state index contributed by atoms with van der Waals surface area (Å²) in [5, 5.41) is 0. The summed E-state index contributed by atoms with van der Waals surface area (Å²) < 4.78 is 0. The third kappa shape index (κ3) is 29.9. The molecule has 0 fully saturated rings. The Hall–Kier alpha value is -2.60. The summed E-state index contributed by atoms with van der Waals surface area (Å²) in [6, 6.07) is 0. The van der Waals surface area contributed by atoms with E-state index in [9.17, 15) is 0 Å². The zero-order valence-corrected chi connectivity index (χ0v) is 25.7. The average Bonchev–Trinajstić information content (AvgIpc) is 2.97. The highest BCUT2D eigenvalue weighted by Crippen LogP contribution is 2.15. The van der Waals surface area contributed by atoms with Crippen LogP contribution in [0.3, 0.4) is 0 Å². The predicted octanol–water partition coefficient (Wildman–Crippen LogP) is 13.4. The summed E-state index contributed by atoms with van der Waals surface area (Å²) in [5.74, 6) is 0. The molecule has 1 aliphatic rings. The van der Waals surface area contributed by atoms with Gasteiger partial charge in [-0.3, -0.25) is 0 Å². The first-order valence-corrected chi connectivity index (χ1v) is 16.6. The van der Waals surface area contributed by atoms with Gasteiger partial charge in [-0.2, -0.15) is 0 Å². The molecule has 0 bridgehead atoms. The number of allylic oxidation sites excluding steroid dienone is 20. The van der Waals surface area contributed by atoms with E-state index in [4.69, 9.17) is 0 Å². The van der Waals surface area contributed by atoms with Crippen molar-refractivity contribution in [3.05, 3.63) is 122 Å². The van der Waals surface area contributed by atoms with Gasteiger partial charge in [-0.05, 0) is 25.7 Å². The van der Waals surface area contributed by atoms with Crippen LogP contribution in [0.1, 0.15) is 128 Å². The van der Waals surface area contributed by atoms with Gasteiger partial charge < -0.3 is 0 Å². The lowest BCUT2D eigenvalue weighted by atomic mass is 10.0. The molecule has 220 valence electrons. The molecule has 0 atom stereocenters. The number of rotatable bonds is 0. The van der Waals surface area contributed by atoms with Gasteiger partial charge in [-0.15, -0.1) is 0 Å². The molecule has 0 aromatic carbocycles. The molecule has 0 unspecified atom stereocenters. The van der Waals surface area contributed by atoms with Crippen LogP contribution < -0.4 is 0 Å². The lowest BCUT2D eigenvalue weighted by molar-refractivity contribution is 0.524. The minimum absolute atomic E-state index is 1.20. The third-order valence-electron chi connectivity index (χ3n) is 7.15. The van der Waals surface area contributed by atoms with Crippen molar-refractivity contribution in [2.45, 2.75) is 128 Å². The van der Waals surface area contributed by atoms with E-state index in [0.29, 0.717) is 0 Å². The fraction of sp³-hybridized carbons (Fsp3) is 0.500.